The molecular formula is C19H24N2O7. The maximum absolute atomic E-state index is 12.7. The predicted molar refractivity (Wildman–Crippen MR) is 96.8 cm³/mol. The SMILES string of the molecule is CC1COC(C)(C)N2C(=O)C(C)(COOC(=O)Cc3ccccc3[N+](=O)[O-])C12. The van der Waals surface area contributed by atoms with Crippen LogP contribution in [0.4, 0.5) is 5.69 Å². The third kappa shape index (κ3) is 3.35. The summed E-state index contributed by atoms with van der Waals surface area (Å²) in [6.07, 6.45) is -0.297. The highest BCUT2D eigenvalue weighted by atomic mass is 17.2. The second kappa shape index (κ2) is 7.14. The predicted octanol–water partition coefficient (Wildman–Crippen LogP) is 2.23. The number of para-hydroxylation sites is 1. The fraction of sp³-hybridized carbons (Fsp3) is 0.579. The normalized spacial score (nSPS) is 28.3. The molecule has 2 fully saturated rings. The first-order valence-corrected chi connectivity index (χ1v) is 9.10. The molecule has 2 saturated heterocycles. The van der Waals surface area contributed by atoms with E-state index in [-0.39, 0.29) is 42.1 Å². The van der Waals surface area contributed by atoms with Gasteiger partial charge in [-0.2, -0.15) is 4.89 Å². The Hall–Kier alpha value is -2.52. The monoisotopic (exact) mass is 392 g/mol. The zero-order valence-corrected chi connectivity index (χ0v) is 16.3. The van der Waals surface area contributed by atoms with Gasteiger partial charge in [-0.15, -0.1) is 0 Å². The van der Waals surface area contributed by atoms with E-state index in [1.54, 1.807) is 17.9 Å². The molecule has 152 valence electrons. The van der Waals surface area contributed by atoms with Crippen LogP contribution in [0.15, 0.2) is 24.3 Å². The molecule has 28 heavy (non-hydrogen) atoms. The van der Waals surface area contributed by atoms with Gasteiger partial charge in [0.05, 0.1) is 29.4 Å². The summed E-state index contributed by atoms with van der Waals surface area (Å²) in [5.74, 6) is -0.771. The second-order valence-corrected chi connectivity index (χ2v) is 8.05. The zero-order valence-electron chi connectivity index (χ0n) is 16.3. The fourth-order valence-corrected chi connectivity index (χ4v) is 4.09. The summed E-state index contributed by atoms with van der Waals surface area (Å²) >= 11 is 0. The summed E-state index contributed by atoms with van der Waals surface area (Å²) in [6.45, 7) is 7.90. The van der Waals surface area contributed by atoms with Gasteiger partial charge >= 0.3 is 5.97 Å². The van der Waals surface area contributed by atoms with E-state index in [0.29, 0.717) is 6.61 Å². The van der Waals surface area contributed by atoms with Gasteiger partial charge in [0.2, 0.25) is 5.91 Å². The third-order valence-corrected chi connectivity index (χ3v) is 5.49. The van der Waals surface area contributed by atoms with E-state index >= 15 is 0 Å². The first-order chi connectivity index (χ1) is 13.1. The molecule has 2 aliphatic rings. The molecular weight excluding hydrogens is 368 g/mol. The van der Waals surface area contributed by atoms with Crippen LogP contribution in [0.25, 0.3) is 0 Å². The number of carbonyl (C=O) groups is 2. The van der Waals surface area contributed by atoms with Crippen molar-refractivity contribution >= 4 is 17.6 Å². The van der Waals surface area contributed by atoms with Gasteiger partial charge in [-0.1, -0.05) is 25.1 Å². The van der Waals surface area contributed by atoms with Crippen molar-refractivity contribution in [1.82, 2.24) is 4.90 Å². The average Bonchev–Trinajstić information content (AvgIpc) is 2.63. The van der Waals surface area contributed by atoms with Crippen molar-refractivity contribution in [2.75, 3.05) is 13.2 Å². The Balaban J connectivity index is 1.59. The number of hydrogen-bond acceptors (Lipinski definition) is 7. The van der Waals surface area contributed by atoms with E-state index in [2.05, 4.69) is 0 Å². The van der Waals surface area contributed by atoms with Crippen LogP contribution >= 0.6 is 0 Å². The molecule has 3 atom stereocenters. The summed E-state index contributed by atoms with van der Waals surface area (Å²) in [4.78, 5) is 46.8. The number of carbonyl (C=O) groups excluding carboxylic acids is 2. The fourth-order valence-electron chi connectivity index (χ4n) is 4.09. The molecule has 3 unspecified atom stereocenters. The molecule has 1 amide bonds. The van der Waals surface area contributed by atoms with Crippen molar-refractivity contribution in [3.63, 3.8) is 0 Å². The first kappa shape index (κ1) is 20.2. The van der Waals surface area contributed by atoms with Gasteiger partial charge in [-0.05, 0) is 20.8 Å². The van der Waals surface area contributed by atoms with Crippen LogP contribution in [0.1, 0.15) is 33.3 Å². The van der Waals surface area contributed by atoms with E-state index in [0.717, 1.165) is 0 Å². The minimum atomic E-state index is -0.820. The Morgan fingerprint density at radius 3 is 2.71 bits per heavy atom. The van der Waals surface area contributed by atoms with Crippen LogP contribution < -0.4 is 0 Å². The molecule has 2 heterocycles. The van der Waals surface area contributed by atoms with E-state index in [1.807, 2.05) is 20.8 Å². The number of rotatable bonds is 6. The van der Waals surface area contributed by atoms with Gasteiger partial charge in [0.1, 0.15) is 12.3 Å². The first-order valence-electron chi connectivity index (χ1n) is 9.10. The topological polar surface area (TPSA) is 108 Å². The highest BCUT2D eigenvalue weighted by Crippen LogP contribution is 2.50. The minimum Gasteiger partial charge on any atom is -0.356 e. The van der Waals surface area contributed by atoms with Gasteiger partial charge in [-0.25, -0.2) is 4.79 Å². The number of benzene rings is 1. The largest absolute Gasteiger partial charge is 0.356 e. The Kier molecular flexibility index (Phi) is 5.16. The van der Waals surface area contributed by atoms with Gasteiger partial charge in [0.15, 0.2) is 0 Å². The maximum atomic E-state index is 12.7. The number of nitro benzene ring substituents is 1. The smallest absolute Gasteiger partial charge is 0.346 e. The molecule has 9 nitrogen and oxygen atoms in total. The van der Waals surface area contributed by atoms with Crippen molar-refractivity contribution in [3.8, 4) is 0 Å². The number of ether oxygens (including phenoxy) is 1. The summed E-state index contributed by atoms with van der Waals surface area (Å²) in [6, 6.07) is 5.85. The van der Waals surface area contributed by atoms with Crippen LogP contribution in [0, 0.1) is 21.4 Å². The van der Waals surface area contributed by atoms with Crippen molar-refractivity contribution in [2.45, 2.75) is 45.9 Å². The van der Waals surface area contributed by atoms with E-state index < -0.39 is 22.0 Å². The Bertz CT molecular complexity index is 809. The lowest BCUT2D eigenvalue weighted by molar-refractivity contribution is -0.385. The Morgan fingerprint density at radius 1 is 1.36 bits per heavy atom. The van der Waals surface area contributed by atoms with Crippen LogP contribution in [-0.2, 0) is 30.5 Å². The number of β-lactam (4-membered cyclic amide) rings is 1. The quantitative estimate of drug-likeness (QED) is 0.316. The van der Waals surface area contributed by atoms with E-state index in [1.165, 1.54) is 18.2 Å². The molecule has 2 aliphatic heterocycles. The molecule has 3 rings (SSSR count). The van der Waals surface area contributed by atoms with Crippen LogP contribution in [0.5, 0.6) is 0 Å². The minimum absolute atomic E-state index is 0.0855. The molecule has 0 N–H and O–H groups in total. The third-order valence-electron chi connectivity index (χ3n) is 5.49. The van der Waals surface area contributed by atoms with Crippen LogP contribution in [0.3, 0.4) is 0 Å². The highest BCUT2D eigenvalue weighted by Gasteiger charge is 2.65. The van der Waals surface area contributed by atoms with Crippen molar-refractivity contribution in [2.24, 2.45) is 11.3 Å². The highest BCUT2D eigenvalue weighted by molar-refractivity contribution is 5.91. The lowest BCUT2D eigenvalue weighted by Crippen LogP contribution is -2.79. The second-order valence-electron chi connectivity index (χ2n) is 8.05. The molecule has 0 spiro atoms. The summed E-state index contributed by atoms with van der Waals surface area (Å²) in [5, 5.41) is 11.0. The molecule has 0 aliphatic carbocycles. The zero-order chi connectivity index (χ0) is 20.7. The average molecular weight is 392 g/mol. The van der Waals surface area contributed by atoms with E-state index in [4.69, 9.17) is 14.5 Å². The van der Waals surface area contributed by atoms with Gasteiger partial charge in [0, 0.05) is 17.5 Å². The number of nitro groups is 1. The lowest BCUT2D eigenvalue weighted by Gasteiger charge is -2.64. The van der Waals surface area contributed by atoms with Crippen molar-refractivity contribution in [3.05, 3.63) is 39.9 Å². The number of amides is 1. The van der Waals surface area contributed by atoms with Gasteiger partial charge in [0.25, 0.3) is 5.69 Å². The number of hydrogen-bond donors (Lipinski definition) is 0. The molecule has 9 heteroatoms. The van der Waals surface area contributed by atoms with E-state index in [9.17, 15) is 19.7 Å². The summed E-state index contributed by atoms with van der Waals surface area (Å²) in [5.41, 5.74) is -1.43. The molecule has 0 saturated carbocycles. The summed E-state index contributed by atoms with van der Waals surface area (Å²) < 4.78 is 5.74. The van der Waals surface area contributed by atoms with Gasteiger partial charge in [-0.3, -0.25) is 19.8 Å². The van der Waals surface area contributed by atoms with Crippen LogP contribution in [-0.4, -0.2) is 46.7 Å². The number of fused-ring (bicyclic) bond motifs is 1. The molecule has 0 aromatic heterocycles. The molecule has 1 aromatic carbocycles. The molecule has 1 aromatic rings. The van der Waals surface area contributed by atoms with Gasteiger partial charge < -0.3 is 9.64 Å². The summed E-state index contributed by atoms with van der Waals surface area (Å²) in [7, 11) is 0. The number of nitrogens with zero attached hydrogens (tertiary/aromatic N) is 2. The van der Waals surface area contributed by atoms with Crippen molar-refractivity contribution < 1.29 is 29.0 Å². The van der Waals surface area contributed by atoms with Crippen LogP contribution in [0.2, 0.25) is 0 Å². The standard InChI is InChI=1S/C19H24N2O7/c1-12-10-26-18(2,3)20-16(12)19(4,17(20)23)11-27-28-15(22)9-13-7-5-6-8-14(13)21(24)25/h5-8,12,16H,9-11H2,1-4H3. The molecule has 0 bridgehead atoms. The van der Waals surface area contributed by atoms with Crippen molar-refractivity contribution in [1.29, 1.82) is 0 Å². The Morgan fingerprint density at radius 2 is 2.04 bits per heavy atom. The molecule has 0 radical (unpaired) electrons. The maximum Gasteiger partial charge on any atom is 0.346 e. The Labute approximate surface area is 162 Å². The lowest BCUT2D eigenvalue weighted by atomic mass is 9.66.